The number of aromatic nitrogens is 4. The molecule has 0 atom stereocenters. The molecule has 0 saturated carbocycles. The molecule has 0 spiro atoms. The van der Waals surface area contributed by atoms with Gasteiger partial charge in [-0.2, -0.15) is 0 Å². The van der Waals surface area contributed by atoms with Gasteiger partial charge in [-0.1, -0.05) is 37.3 Å². The molecule has 1 aliphatic rings. The summed E-state index contributed by atoms with van der Waals surface area (Å²) in [5.41, 5.74) is 10.6. The molecule has 3 N–H and O–H groups in total. The highest BCUT2D eigenvalue weighted by atomic mass is 16.7. The van der Waals surface area contributed by atoms with E-state index in [1.807, 2.05) is 62.5 Å². The summed E-state index contributed by atoms with van der Waals surface area (Å²) >= 11 is 0. The van der Waals surface area contributed by atoms with E-state index in [2.05, 4.69) is 20.5 Å². The molecule has 184 valence electrons. The summed E-state index contributed by atoms with van der Waals surface area (Å²) in [6.07, 6.45) is 3.67. The van der Waals surface area contributed by atoms with E-state index in [4.69, 9.17) is 15.0 Å². The molecular weight excluding hydrogens is 458 g/mol. The van der Waals surface area contributed by atoms with Crippen molar-refractivity contribution in [1.82, 2.24) is 20.1 Å². The Morgan fingerprint density at radius 3 is 2.78 bits per heavy atom. The standard InChI is InChI=1S/C26H27N7O3/c1-3-22-30-31-24(36-22)21-16-28-26(33(23(21)27)35-14-12-17-7-5-4-6-8-17)29-19-9-10-20-18(15-19)11-13-32(2)25(20)34/h4-10,15-16H,3,11-14H2,1-2H3,(H2,27,28,29,31,34)/p+1. The van der Waals surface area contributed by atoms with Crippen LogP contribution in [-0.2, 0) is 19.3 Å². The molecule has 0 bridgehead atoms. The zero-order valence-electron chi connectivity index (χ0n) is 20.3. The summed E-state index contributed by atoms with van der Waals surface area (Å²) in [5, 5.41) is 11.4. The molecule has 1 amide bonds. The van der Waals surface area contributed by atoms with Gasteiger partial charge in [-0.05, 0) is 40.5 Å². The number of nitrogens with two attached hydrogens (primary N) is 1. The molecule has 0 fully saturated rings. The highest BCUT2D eigenvalue weighted by molar-refractivity contribution is 5.97. The SMILES string of the molecule is CCc1nnc(-c2cnc(Nc3ccc4c(c3)CCN(C)C4=O)[n+](OCCc3ccccc3)c2N)o1. The number of benzene rings is 2. The first-order chi connectivity index (χ1) is 17.5. The molecule has 36 heavy (non-hydrogen) atoms. The third-order valence-corrected chi connectivity index (χ3v) is 6.11. The number of nitrogen functional groups attached to an aromatic ring is 1. The van der Waals surface area contributed by atoms with Gasteiger partial charge in [0.25, 0.3) is 11.8 Å². The number of fused-ring (bicyclic) bond motifs is 1. The minimum Gasteiger partial charge on any atom is -0.420 e. The van der Waals surface area contributed by atoms with Gasteiger partial charge < -0.3 is 19.9 Å². The number of rotatable bonds is 8. The van der Waals surface area contributed by atoms with Crippen LogP contribution < -0.4 is 20.6 Å². The summed E-state index contributed by atoms with van der Waals surface area (Å²) in [6.45, 7) is 2.98. The van der Waals surface area contributed by atoms with Crippen molar-refractivity contribution in [2.45, 2.75) is 26.2 Å². The van der Waals surface area contributed by atoms with Gasteiger partial charge in [0, 0.05) is 32.0 Å². The third-order valence-electron chi connectivity index (χ3n) is 6.11. The molecule has 2 aromatic carbocycles. The topological polar surface area (TPSA) is 123 Å². The fourth-order valence-corrected chi connectivity index (χ4v) is 4.06. The smallest absolute Gasteiger partial charge is 0.388 e. The van der Waals surface area contributed by atoms with E-state index in [0.717, 1.165) is 23.2 Å². The van der Waals surface area contributed by atoms with Gasteiger partial charge in [0.05, 0.1) is 5.69 Å². The van der Waals surface area contributed by atoms with Crippen LogP contribution in [0.5, 0.6) is 0 Å². The van der Waals surface area contributed by atoms with Crippen LogP contribution in [0.25, 0.3) is 11.5 Å². The van der Waals surface area contributed by atoms with E-state index in [9.17, 15) is 4.79 Å². The van der Waals surface area contributed by atoms with E-state index < -0.39 is 0 Å². The molecule has 0 saturated heterocycles. The predicted molar refractivity (Wildman–Crippen MR) is 133 cm³/mol. The van der Waals surface area contributed by atoms with Crippen molar-refractivity contribution in [3.05, 3.63) is 77.3 Å². The number of carbonyl (C=O) groups is 1. The number of amides is 1. The van der Waals surface area contributed by atoms with E-state index in [1.54, 1.807) is 11.1 Å². The zero-order chi connectivity index (χ0) is 25.1. The van der Waals surface area contributed by atoms with Crippen LogP contribution in [0.4, 0.5) is 17.5 Å². The molecule has 3 heterocycles. The second-order valence-corrected chi connectivity index (χ2v) is 8.57. The molecular formula is C26H28N7O3+. The number of anilines is 3. The van der Waals surface area contributed by atoms with Crippen LogP contribution in [0.2, 0.25) is 0 Å². The van der Waals surface area contributed by atoms with Gasteiger partial charge in [0.2, 0.25) is 11.7 Å². The zero-order valence-corrected chi connectivity index (χ0v) is 20.3. The minimum atomic E-state index is 0.0276. The lowest BCUT2D eigenvalue weighted by molar-refractivity contribution is -0.870. The fourth-order valence-electron chi connectivity index (χ4n) is 4.06. The number of carbonyl (C=O) groups excluding carboxylic acids is 1. The van der Waals surface area contributed by atoms with Crippen molar-refractivity contribution in [3.63, 3.8) is 0 Å². The summed E-state index contributed by atoms with van der Waals surface area (Å²) in [7, 11) is 1.81. The van der Waals surface area contributed by atoms with Crippen LogP contribution in [0.3, 0.4) is 0 Å². The van der Waals surface area contributed by atoms with Gasteiger partial charge in [-0.15, -0.1) is 15.2 Å². The Hall–Kier alpha value is -4.47. The maximum atomic E-state index is 12.4. The lowest BCUT2D eigenvalue weighted by atomic mass is 9.99. The lowest BCUT2D eigenvalue weighted by Crippen LogP contribution is -2.49. The molecule has 10 heteroatoms. The van der Waals surface area contributed by atoms with Crippen LogP contribution >= 0.6 is 0 Å². The highest BCUT2D eigenvalue weighted by Crippen LogP contribution is 2.25. The molecule has 1 aliphatic heterocycles. The summed E-state index contributed by atoms with van der Waals surface area (Å²) in [5.74, 6) is 1.48. The van der Waals surface area contributed by atoms with Crippen molar-refractivity contribution in [1.29, 1.82) is 0 Å². The average Bonchev–Trinajstić information content (AvgIpc) is 3.38. The molecule has 4 aromatic rings. The number of hydrogen-bond donors (Lipinski definition) is 2. The number of likely N-dealkylation sites (N-methyl/N-ethyl adjacent to an activating group) is 1. The van der Waals surface area contributed by atoms with Gasteiger partial charge in [0.1, 0.15) is 18.4 Å². The first kappa shape index (κ1) is 23.3. The maximum absolute atomic E-state index is 12.4. The predicted octanol–water partition coefficient (Wildman–Crippen LogP) is 2.61. The summed E-state index contributed by atoms with van der Waals surface area (Å²) in [6, 6.07) is 15.7. The van der Waals surface area contributed by atoms with Crippen molar-refractivity contribution in [2.75, 3.05) is 31.2 Å². The number of nitrogens with zero attached hydrogens (tertiary/aromatic N) is 5. The molecule has 0 radical (unpaired) electrons. The Kier molecular flexibility index (Phi) is 6.48. The molecule has 2 aromatic heterocycles. The number of hydrogen-bond acceptors (Lipinski definition) is 8. The lowest BCUT2D eigenvalue weighted by Gasteiger charge is -2.24. The van der Waals surface area contributed by atoms with Crippen LogP contribution in [0.15, 0.2) is 59.1 Å². The Morgan fingerprint density at radius 2 is 2.00 bits per heavy atom. The Bertz CT molecular complexity index is 1390. The van der Waals surface area contributed by atoms with Crippen molar-refractivity contribution in [3.8, 4) is 11.5 Å². The highest BCUT2D eigenvalue weighted by Gasteiger charge is 2.25. The molecule has 0 unspecified atom stereocenters. The van der Waals surface area contributed by atoms with E-state index in [-0.39, 0.29) is 17.6 Å². The van der Waals surface area contributed by atoms with Crippen LogP contribution in [-0.4, -0.2) is 46.2 Å². The Labute approximate surface area is 208 Å². The van der Waals surface area contributed by atoms with Crippen molar-refractivity contribution in [2.24, 2.45) is 0 Å². The van der Waals surface area contributed by atoms with Gasteiger partial charge in [0.15, 0.2) is 0 Å². The maximum Gasteiger partial charge on any atom is 0.388 e. The third kappa shape index (κ3) is 4.70. The average molecular weight is 487 g/mol. The van der Waals surface area contributed by atoms with Gasteiger partial charge >= 0.3 is 5.95 Å². The summed E-state index contributed by atoms with van der Waals surface area (Å²) in [4.78, 5) is 24.8. The normalized spacial score (nSPS) is 12.9. The Morgan fingerprint density at radius 1 is 1.17 bits per heavy atom. The van der Waals surface area contributed by atoms with E-state index in [1.165, 1.54) is 4.73 Å². The molecule has 10 nitrogen and oxygen atoms in total. The van der Waals surface area contributed by atoms with Crippen molar-refractivity contribution < 1.29 is 18.8 Å². The van der Waals surface area contributed by atoms with Crippen LogP contribution in [0, 0.1) is 0 Å². The molecule has 5 rings (SSSR count). The second-order valence-electron chi connectivity index (χ2n) is 8.57. The van der Waals surface area contributed by atoms with E-state index >= 15 is 0 Å². The Balaban J connectivity index is 1.45. The minimum absolute atomic E-state index is 0.0276. The van der Waals surface area contributed by atoms with E-state index in [0.29, 0.717) is 49.0 Å². The first-order valence-corrected chi connectivity index (χ1v) is 11.9. The second kappa shape index (κ2) is 10.0. The van der Waals surface area contributed by atoms with Gasteiger partial charge in [-0.25, -0.2) is 0 Å². The first-order valence-electron chi connectivity index (χ1n) is 11.9. The summed E-state index contributed by atoms with van der Waals surface area (Å²) < 4.78 is 7.15. The quantitative estimate of drug-likeness (QED) is 0.364. The largest absolute Gasteiger partial charge is 0.420 e. The molecule has 0 aliphatic carbocycles. The number of nitrogens with one attached hydrogen (secondary N) is 1. The fraction of sp³-hybridized carbons (Fsp3) is 0.269. The number of aryl methyl sites for hydroxylation is 1. The van der Waals surface area contributed by atoms with Gasteiger partial charge in [-0.3, -0.25) is 10.1 Å². The monoisotopic (exact) mass is 486 g/mol. The van der Waals surface area contributed by atoms with Crippen molar-refractivity contribution >= 4 is 23.4 Å². The van der Waals surface area contributed by atoms with Crippen LogP contribution in [0.1, 0.15) is 34.3 Å².